The van der Waals surface area contributed by atoms with Crippen LogP contribution >= 0.6 is 0 Å². The molecule has 1 unspecified atom stereocenters. The van der Waals surface area contributed by atoms with E-state index in [1.54, 1.807) is 18.2 Å². The fourth-order valence-electron chi connectivity index (χ4n) is 4.50. The van der Waals surface area contributed by atoms with Crippen molar-refractivity contribution in [2.45, 2.75) is 19.9 Å². The zero-order valence-electron chi connectivity index (χ0n) is 19.9. The van der Waals surface area contributed by atoms with Crippen molar-refractivity contribution in [2.24, 2.45) is 0 Å². The van der Waals surface area contributed by atoms with Crippen LogP contribution in [0, 0.1) is 6.92 Å². The Morgan fingerprint density at radius 3 is 2.41 bits per heavy atom. The summed E-state index contributed by atoms with van der Waals surface area (Å²) >= 11 is 0. The number of ether oxygens (including phenoxy) is 1. The van der Waals surface area contributed by atoms with Crippen molar-refractivity contribution in [1.82, 2.24) is 4.90 Å². The van der Waals surface area contributed by atoms with Crippen molar-refractivity contribution in [3.05, 3.63) is 96.1 Å². The Balaban J connectivity index is 1.36. The van der Waals surface area contributed by atoms with E-state index in [0.717, 1.165) is 48.6 Å². The molecule has 0 saturated carbocycles. The number of aromatic hydroxyl groups is 1. The molecule has 0 amide bonds. The molecule has 5 nitrogen and oxygen atoms in total. The maximum atomic E-state index is 12.2. The van der Waals surface area contributed by atoms with Crippen LogP contribution in [0.4, 0.5) is 5.69 Å². The fourth-order valence-corrected chi connectivity index (χ4v) is 4.50. The predicted octanol–water partition coefficient (Wildman–Crippen LogP) is 5.59. The lowest BCUT2D eigenvalue weighted by molar-refractivity contribution is 0.0549. The first kappa shape index (κ1) is 23.6. The standard InChI is InChI=1S/C29H32N2O3/c1-4-18-34-29(33)28-13-12-26(19-21(28)2)31-16-14-30(15-17-31)22(3)23-8-10-24(11-9-23)25-6-5-7-27(32)20-25/h4-13,19-20,22,32H,1,14-18H2,2-3H3. The Hall–Kier alpha value is -3.57. The molecule has 3 aromatic carbocycles. The molecule has 0 radical (unpaired) electrons. The Bertz CT molecular complexity index is 1150. The van der Waals surface area contributed by atoms with E-state index in [0.29, 0.717) is 11.6 Å². The van der Waals surface area contributed by atoms with Crippen LogP contribution in [0.25, 0.3) is 11.1 Å². The lowest BCUT2D eigenvalue weighted by Gasteiger charge is -2.39. The highest BCUT2D eigenvalue weighted by molar-refractivity contribution is 5.91. The smallest absolute Gasteiger partial charge is 0.338 e. The molecule has 0 aliphatic carbocycles. The lowest BCUT2D eigenvalue weighted by Crippen LogP contribution is -2.47. The molecule has 0 bridgehead atoms. The zero-order valence-corrected chi connectivity index (χ0v) is 19.9. The van der Waals surface area contributed by atoms with Crippen molar-refractivity contribution >= 4 is 11.7 Å². The Morgan fingerprint density at radius 1 is 1.03 bits per heavy atom. The second-order valence-corrected chi connectivity index (χ2v) is 8.76. The van der Waals surface area contributed by atoms with Crippen LogP contribution in [0.2, 0.25) is 0 Å². The van der Waals surface area contributed by atoms with Crippen LogP contribution in [-0.4, -0.2) is 48.8 Å². The van der Waals surface area contributed by atoms with Crippen LogP contribution in [0.5, 0.6) is 5.75 Å². The summed E-state index contributed by atoms with van der Waals surface area (Å²) in [5, 5.41) is 9.74. The van der Waals surface area contributed by atoms with E-state index < -0.39 is 0 Å². The van der Waals surface area contributed by atoms with Crippen molar-refractivity contribution in [1.29, 1.82) is 0 Å². The molecule has 1 heterocycles. The highest BCUT2D eigenvalue weighted by Gasteiger charge is 2.23. The third-order valence-corrected chi connectivity index (χ3v) is 6.56. The van der Waals surface area contributed by atoms with Crippen LogP contribution in [0.15, 0.2) is 79.4 Å². The van der Waals surface area contributed by atoms with Crippen molar-refractivity contribution in [3.63, 3.8) is 0 Å². The van der Waals surface area contributed by atoms with Crippen LogP contribution < -0.4 is 4.90 Å². The van der Waals surface area contributed by atoms with Gasteiger partial charge in [0.15, 0.2) is 0 Å². The van der Waals surface area contributed by atoms with Gasteiger partial charge in [-0.05, 0) is 66.4 Å². The minimum absolute atomic E-state index is 0.221. The Kier molecular flexibility index (Phi) is 7.33. The van der Waals surface area contributed by atoms with Crippen molar-refractivity contribution in [3.8, 4) is 16.9 Å². The first-order valence-electron chi connectivity index (χ1n) is 11.7. The summed E-state index contributed by atoms with van der Waals surface area (Å²) < 4.78 is 5.18. The maximum Gasteiger partial charge on any atom is 0.338 e. The van der Waals surface area contributed by atoms with Gasteiger partial charge < -0.3 is 14.7 Å². The number of piperazine rings is 1. The number of carbonyl (C=O) groups excluding carboxylic acids is 1. The summed E-state index contributed by atoms with van der Waals surface area (Å²) in [5.41, 5.74) is 6.07. The highest BCUT2D eigenvalue weighted by atomic mass is 16.5. The molecule has 1 fully saturated rings. The molecular formula is C29H32N2O3. The summed E-state index contributed by atoms with van der Waals surface area (Å²) in [6.07, 6.45) is 1.57. The number of hydrogen-bond acceptors (Lipinski definition) is 5. The van der Waals surface area contributed by atoms with Gasteiger partial charge in [0.05, 0.1) is 5.56 Å². The molecule has 1 atom stereocenters. The van der Waals surface area contributed by atoms with Crippen LogP contribution in [0.3, 0.4) is 0 Å². The molecule has 1 saturated heterocycles. The molecule has 4 rings (SSSR count). The number of benzene rings is 3. The number of aryl methyl sites for hydroxylation is 1. The lowest BCUT2D eigenvalue weighted by atomic mass is 10.00. The normalized spacial score (nSPS) is 15.1. The molecule has 1 aliphatic heterocycles. The summed E-state index contributed by atoms with van der Waals surface area (Å²) in [6, 6.07) is 22.2. The van der Waals surface area contributed by atoms with Gasteiger partial charge in [0.2, 0.25) is 0 Å². The Morgan fingerprint density at radius 2 is 1.76 bits per heavy atom. The van der Waals surface area contributed by atoms with Gasteiger partial charge in [0, 0.05) is 37.9 Å². The average molecular weight is 457 g/mol. The molecule has 5 heteroatoms. The summed E-state index contributed by atoms with van der Waals surface area (Å²) in [6.45, 7) is 11.8. The quantitative estimate of drug-likeness (QED) is 0.371. The van der Waals surface area contributed by atoms with Crippen molar-refractivity contribution in [2.75, 3.05) is 37.7 Å². The van der Waals surface area contributed by atoms with E-state index in [2.05, 4.69) is 53.6 Å². The first-order chi connectivity index (χ1) is 16.5. The molecule has 34 heavy (non-hydrogen) atoms. The van der Waals surface area contributed by atoms with Crippen molar-refractivity contribution < 1.29 is 14.6 Å². The molecule has 1 N–H and O–H groups in total. The van der Waals surface area contributed by atoms with Gasteiger partial charge in [0.1, 0.15) is 12.4 Å². The average Bonchev–Trinajstić information content (AvgIpc) is 2.87. The molecule has 1 aliphatic rings. The highest BCUT2D eigenvalue weighted by Crippen LogP contribution is 2.28. The zero-order chi connectivity index (χ0) is 24.1. The molecular weight excluding hydrogens is 424 g/mol. The molecule has 0 spiro atoms. The second kappa shape index (κ2) is 10.6. The maximum absolute atomic E-state index is 12.2. The van der Waals surface area contributed by atoms with Gasteiger partial charge in [-0.2, -0.15) is 0 Å². The fraction of sp³-hybridized carbons (Fsp3) is 0.276. The van der Waals surface area contributed by atoms with E-state index >= 15 is 0 Å². The van der Waals surface area contributed by atoms with E-state index in [9.17, 15) is 9.90 Å². The summed E-state index contributed by atoms with van der Waals surface area (Å²) in [5.74, 6) is -0.0250. The van der Waals surface area contributed by atoms with Gasteiger partial charge in [-0.1, -0.05) is 49.1 Å². The topological polar surface area (TPSA) is 53.0 Å². The van der Waals surface area contributed by atoms with Crippen LogP contribution in [-0.2, 0) is 4.74 Å². The van der Waals surface area contributed by atoms with Gasteiger partial charge >= 0.3 is 5.97 Å². The van der Waals surface area contributed by atoms with Gasteiger partial charge in [-0.25, -0.2) is 4.79 Å². The summed E-state index contributed by atoms with van der Waals surface area (Å²) in [4.78, 5) is 17.1. The number of phenols is 1. The van der Waals surface area contributed by atoms with Gasteiger partial charge in [-0.3, -0.25) is 4.90 Å². The largest absolute Gasteiger partial charge is 0.508 e. The first-order valence-corrected chi connectivity index (χ1v) is 11.7. The number of carbonyl (C=O) groups is 1. The summed E-state index contributed by atoms with van der Waals surface area (Å²) in [7, 11) is 0. The number of rotatable bonds is 7. The van der Waals surface area contributed by atoms with E-state index in [-0.39, 0.29) is 18.3 Å². The predicted molar refractivity (Wildman–Crippen MR) is 137 cm³/mol. The minimum atomic E-state index is -0.308. The third kappa shape index (κ3) is 5.32. The molecule has 0 aromatic heterocycles. The van der Waals surface area contributed by atoms with Gasteiger partial charge in [-0.15, -0.1) is 0 Å². The minimum Gasteiger partial charge on any atom is -0.508 e. The Labute approximate surface area is 201 Å². The third-order valence-electron chi connectivity index (χ3n) is 6.56. The van der Waals surface area contributed by atoms with E-state index in [4.69, 9.17) is 4.74 Å². The number of nitrogens with zero attached hydrogens (tertiary/aromatic N) is 2. The monoisotopic (exact) mass is 456 g/mol. The number of esters is 1. The number of phenolic OH excluding ortho intramolecular Hbond substituents is 1. The van der Waals surface area contributed by atoms with E-state index in [1.807, 2.05) is 31.2 Å². The van der Waals surface area contributed by atoms with Gasteiger partial charge in [0.25, 0.3) is 0 Å². The number of hydrogen-bond donors (Lipinski definition) is 1. The second-order valence-electron chi connectivity index (χ2n) is 8.76. The molecule has 176 valence electrons. The van der Waals surface area contributed by atoms with Crippen LogP contribution in [0.1, 0.15) is 34.5 Å². The SMILES string of the molecule is C=CCOC(=O)c1ccc(N2CCN(C(C)c3ccc(-c4cccc(O)c4)cc3)CC2)cc1C. The molecule has 3 aromatic rings. The van der Waals surface area contributed by atoms with E-state index in [1.165, 1.54) is 5.56 Å². The number of anilines is 1.